The number of ether oxygens (including phenoxy) is 1. The first kappa shape index (κ1) is 11.5. The maximum absolute atomic E-state index is 6.09. The summed E-state index contributed by atoms with van der Waals surface area (Å²) in [6.45, 7) is 2.91. The minimum Gasteiger partial charge on any atom is -0.457 e. The lowest BCUT2D eigenvalue weighted by atomic mass is 9.78. The topological polar surface area (TPSA) is 22.4 Å². The summed E-state index contributed by atoms with van der Waals surface area (Å²) in [5.74, 6) is 0.636. The molecule has 1 saturated heterocycles. The van der Waals surface area contributed by atoms with Crippen molar-refractivity contribution >= 4 is 27.5 Å². The summed E-state index contributed by atoms with van der Waals surface area (Å²) in [4.78, 5) is 0. The van der Waals surface area contributed by atoms with E-state index in [1.165, 1.54) is 5.56 Å². The predicted molar refractivity (Wildman–Crippen MR) is 63.3 cm³/mol. The van der Waals surface area contributed by atoms with Gasteiger partial charge in [0.25, 0.3) is 0 Å². The van der Waals surface area contributed by atoms with Crippen LogP contribution in [0.1, 0.15) is 18.9 Å². The number of alkyl halides is 1. The van der Waals surface area contributed by atoms with E-state index in [9.17, 15) is 0 Å². The number of halogens is 2. The van der Waals surface area contributed by atoms with Gasteiger partial charge >= 0.3 is 0 Å². The van der Waals surface area contributed by atoms with Crippen LogP contribution in [0.5, 0.6) is 0 Å². The van der Waals surface area contributed by atoms with E-state index in [1.54, 1.807) is 6.26 Å². The highest BCUT2D eigenvalue weighted by molar-refractivity contribution is 9.10. The van der Waals surface area contributed by atoms with Crippen molar-refractivity contribution in [3.8, 4) is 0 Å². The molecule has 1 aromatic rings. The molecule has 1 aromatic heterocycles. The quantitative estimate of drug-likeness (QED) is 0.794. The van der Waals surface area contributed by atoms with E-state index in [-0.39, 0.29) is 11.5 Å². The molecular formula is C11H14BrClO2. The molecule has 15 heavy (non-hydrogen) atoms. The lowest BCUT2D eigenvalue weighted by Gasteiger charge is -2.29. The second-order valence-electron chi connectivity index (χ2n) is 4.19. The van der Waals surface area contributed by atoms with Gasteiger partial charge in [0, 0.05) is 17.9 Å². The van der Waals surface area contributed by atoms with E-state index in [2.05, 4.69) is 22.9 Å². The average Bonchev–Trinajstić information content (AvgIpc) is 2.76. The van der Waals surface area contributed by atoms with Crippen LogP contribution in [0.4, 0.5) is 0 Å². The molecule has 1 aliphatic heterocycles. The first-order valence-corrected chi connectivity index (χ1v) is 6.39. The van der Waals surface area contributed by atoms with Crippen LogP contribution in [0, 0.1) is 5.41 Å². The molecule has 2 heterocycles. The zero-order valence-corrected chi connectivity index (χ0v) is 11.0. The fraction of sp³-hybridized carbons (Fsp3) is 0.636. The van der Waals surface area contributed by atoms with Crippen molar-refractivity contribution in [1.82, 2.24) is 0 Å². The molecule has 2 atom stereocenters. The molecule has 4 heteroatoms. The number of rotatable bonds is 3. The molecule has 1 fully saturated rings. The number of hydrogen-bond acceptors (Lipinski definition) is 2. The zero-order chi connectivity index (χ0) is 10.9. The SMILES string of the molecule is CC1OCCC1(CCl)Cc1coc(Br)c1. The van der Waals surface area contributed by atoms with E-state index >= 15 is 0 Å². The minimum atomic E-state index is 0.0743. The van der Waals surface area contributed by atoms with Gasteiger partial charge in [0.05, 0.1) is 12.4 Å². The van der Waals surface area contributed by atoms with Gasteiger partial charge in [-0.3, -0.25) is 0 Å². The smallest absolute Gasteiger partial charge is 0.169 e. The molecule has 2 nitrogen and oxygen atoms in total. The normalized spacial score (nSPS) is 31.0. The summed E-state index contributed by atoms with van der Waals surface area (Å²) in [5.41, 5.74) is 1.25. The first-order valence-electron chi connectivity index (χ1n) is 5.07. The Kier molecular flexibility index (Phi) is 3.43. The molecule has 0 radical (unpaired) electrons. The highest BCUT2D eigenvalue weighted by atomic mass is 79.9. The Labute approximate surface area is 103 Å². The van der Waals surface area contributed by atoms with Crippen LogP contribution >= 0.6 is 27.5 Å². The summed E-state index contributed by atoms with van der Waals surface area (Å²) in [6, 6.07) is 2.00. The Bertz CT molecular complexity index is 339. The van der Waals surface area contributed by atoms with Crippen LogP contribution in [0.25, 0.3) is 0 Å². The Hall–Kier alpha value is 0.01000. The number of hydrogen-bond donors (Lipinski definition) is 0. The van der Waals surface area contributed by atoms with Gasteiger partial charge in [0.2, 0.25) is 0 Å². The minimum absolute atomic E-state index is 0.0743. The van der Waals surface area contributed by atoms with Crippen molar-refractivity contribution < 1.29 is 9.15 Å². The second-order valence-corrected chi connectivity index (χ2v) is 5.24. The van der Waals surface area contributed by atoms with E-state index in [0.717, 1.165) is 24.1 Å². The molecule has 1 aliphatic rings. The molecule has 0 amide bonds. The highest BCUT2D eigenvalue weighted by Gasteiger charge is 2.41. The second kappa shape index (κ2) is 4.48. The van der Waals surface area contributed by atoms with Crippen molar-refractivity contribution in [2.24, 2.45) is 5.41 Å². The molecular weight excluding hydrogens is 279 g/mol. The fourth-order valence-electron chi connectivity index (χ4n) is 2.12. The summed E-state index contributed by atoms with van der Waals surface area (Å²) >= 11 is 9.40. The van der Waals surface area contributed by atoms with Crippen LogP contribution in [0.15, 0.2) is 21.4 Å². The van der Waals surface area contributed by atoms with Gasteiger partial charge in [-0.05, 0) is 47.3 Å². The molecule has 0 aliphatic carbocycles. The summed E-state index contributed by atoms with van der Waals surface area (Å²) < 4.78 is 11.6. The molecule has 2 rings (SSSR count). The van der Waals surface area contributed by atoms with Gasteiger partial charge in [0.1, 0.15) is 0 Å². The lowest BCUT2D eigenvalue weighted by molar-refractivity contribution is 0.0735. The van der Waals surface area contributed by atoms with Crippen molar-refractivity contribution in [3.05, 3.63) is 22.6 Å². The van der Waals surface area contributed by atoms with E-state index in [1.807, 2.05) is 6.07 Å². The van der Waals surface area contributed by atoms with Crippen molar-refractivity contribution in [2.45, 2.75) is 25.9 Å². The van der Waals surface area contributed by atoms with Gasteiger partial charge in [-0.15, -0.1) is 11.6 Å². The Morgan fingerprint density at radius 3 is 2.93 bits per heavy atom. The van der Waals surface area contributed by atoms with Crippen molar-refractivity contribution in [2.75, 3.05) is 12.5 Å². The van der Waals surface area contributed by atoms with Crippen LogP contribution in [-0.2, 0) is 11.2 Å². The van der Waals surface area contributed by atoms with E-state index in [0.29, 0.717) is 5.88 Å². The first-order chi connectivity index (χ1) is 7.16. The van der Waals surface area contributed by atoms with Gasteiger partial charge in [-0.1, -0.05) is 0 Å². The monoisotopic (exact) mass is 292 g/mol. The average molecular weight is 294 g/mol. The van der Waals surface area contributed by atoms with E-state index in [4.69, 9.17) is 20.8 Å². The third-order valence-electron chi connectivity index (χ3n) is 3.27. The van der Waals surface area contributed by atoms with Crippen LogP contribution in [0.3, 0.4) is 0 Å². The molecule has 84 valence electrons. The summed E-state index contributed by atoms with van der Waals surface area (Å²) in [5, 5.41) is 0. The molecule has 0 N–H and O–H groups in total. The Balaban J connectivity index is 2.14. The molecule has 0 bridgehead atoms. The van der Waals surface area contributed by atoms with E-state index < -0.39 is 0 Å². The maximum Gasteiger partial charge on any atom is 0.169 e. The van der Waals surface area contributed by atoms with Gasteiger partial charge in [0.15, 0.2) is 4.67 Å². The van der Waals surface area contributed by atoms with Crippen LogP contribution < -0.4 is 0 Å². The third-order valence-corrected chi connectivity index (χ3v) is 4.22. The molecule has 0 spiro atoms. The highest BCUT2D eigenvalue weighted by Crippen LogP contribution is 2.39. The maximum atomic E-state index is 6.09. The van der Waals surface area contributed by atoms with Crippen molar-refractivity contribution in [1.29, 1.82) is 0 Å². The Morgan fingerprint density at radius 1 is 1.67 bits per heavy atom. The van der Waals surface area contributed by atoms with Gasteiger partial charge in [-0.25, -0.2) is 0 Å². The van der Waals surface area contributed by atoms with Crippen LogP contribution in [-0.4, -0.2) is 18.6 Å². The number of furan rings is 1. The molecule has 0 saturated carbocycles. The standard InChI is InChI=1S/C11H14BrClO2/c1-8-11(7-13,2-3-14-8)5-9-4-10(12)15-6-9/h4,6,8H,2-3,5,7H2,1H3. The van der Waals surface area contributed by atoms with Crippen LogP contribution in [0.2, 0.25) is 0 Å². The largest absolute Gasteiger partial charge is 0.457 e. The third kappa shape index (κ3) is 2.24. The van der Waals surface area contributed by atoms with Gasteiger partial charge in [-0.2, -0.15) is 0 Å². The van der Waals surface area contributed by atoms with Crippen molar-refractivity contribution in [3.63, 3.8) is 0 Å². The predicted octanol–water partition coefficient (Wildman–Crippen LogP) is 3.62. The Morgan fingerprint density at radius 2 is 2.47 bits per heavy atom. The summed E-state index contributed by atoms with van der Waals surface area (Å²) in [7, 11) is 0. The van der Waals surface area contributed by atoms with Gasteiger partial charge < -0.3 is 9.15 Å². The zero-order valence-electron chi connectivity index (χ0n) is 8.63. The lowest BCUT2D eigenvalue weighted by Crippen LogP contribution is -2.32. The fourth-order valence-corrected chi connectivity index (χ4v) is 2.95. The molecule has 2 unspecified atom stereocenters. The molecule has 0 aromatic carbocycles. The summed E-state index contributed by atoms with van der Waals surface area (Å²) in [6.07, 6.45) is 3.96.